The van der Waals surface area contributed by atoms with E-state index in [-0.39, 0.29) is 18.3 Å². The molecule has 1 aliphatic heterocycles. The predicted molar refractivity (Wildman–Crippen MR) is 67.6 cm³/mol. The summed E-state index contributed by atoms with van der Waals surface area (Å²) in [5.74, 6) is -0.200. The van der Waals surface area contributed by atoms with E-state index in [9.17, 15) is 9.59 Å². The molecule has 0 saturated carbocycles. The smallest absolute Gasteiger partial charge is 0.227 e. The van der Waals surface area contributed by atoms with Gasteiger partial charge in [0.2, 0.25) is 5.91 Å². The molecule has 0 fully saturated rings. The van der Waals surface area contributed by atoms with Crippen molar-refractivity contribution in [3.8, 4) is 0 Å². The quantitative estimate of drug-likeness (QED) is 0.743. The minimum Gasteiger partial charge on any atom is -0.394 e. The van der Waals surface area contributed by atoms with Crippen molar-refractivity contribution in [1.82, 2.24) is 0 Å². The number of hydrogen-bond donors (Lipinski definition) is 2. The molecule has 1 heterocycles. The van der Waals surface area contributed by atoms with Crippen molar-refractivity contribution in [1.29, 1.82) is 0 Å². The zero-order valence-electron chi connectivity index (χ0n) is 10.2. The molecular formula is C13H16N2O3. The number of carbonyl (C=O) groups is 2. The van der Waals surface area contributed by atoms with Gasteiger partial charge in [0.1, 0.15) is 0 Å². The van der Waals surface area contributed by atoms with Crippen LogP contribution in [0.1, 0.15) is 22.3 Å². The van der Waals surface area contributed by atoms with Crippen LogP contribution in [0.3, 0.4) is 0 Å². The number of hydrogen-bond acceptors (Lipinski definition) is 4. The minimum atomic E-state index is -0.883. The van der Waals surface area contributed by atoms with Gasteiger partial charge in [-0.1, -0.05) is 0 Å². The van der Waals surface area contributed by atoms with E-state index in [1.807, 2.05) is 0 Å². The average Bonchev–Trinajstić information content (AvgIpc) is 2.41. The Hall–Kier alpha value is -1.72. The van der Waals surface area contributed by atoms with Gasteiger partial charge in [0.15, 0.2) is 5.78 Å². The lowest BCUT2D eigenvalue weighted by atomic mass is 9.96. The molecule has 1 unspecified atom stereocenters. The highest BCUT2D eigenvalue weighted by molar-refractivity contribution is 6.02. The van der Waals surface area contributed by atoms with Crippen molar-refractivity contribution < 1.29 is 14.7 Å². The molecule has 1 amide bonds. The molecule has 3 N–H and O–H groups in total. The first-order valence-electron chi connectivity index (χ1n) is 5.84. The van der Waals surface area contributed by atoms with Crippen molar-refractivity contribution >= 4 is 17.4 Å². The van der Waals surface area contributed by atoms with Crippen LogP contribution in [0.2, 0.25) is 0 Å². The Bertz CT molecular complexity index is 499. The third kappa shape index (κ3) is 2.14. The fourth-order valence-corrected chi connectivity index (χ4v) is 2.11. The Balaban J connectivity index is 2.34. The number of amides is 1. The molecule has 1 aromatic carbocycles. The number of rotatable bonds is 3. The largest absolute Gasteiger partial charge is 0.394 e. The number of aryl methyl sites for hydroxylation is 1. The first-order chi connectivity index (χ1) is 8.54. The molecule has 1 aromatic rings. The summed E-state index contributed by atoms with van der Waals surface area (Å²) in [6.07, 6.45) is 1.08. The Labute approximate surface area is 105 Å². The molecule has 5 nitrogen and oxygen atoms in total. The number of carbonyl (C=O) groups excluding carboxylic acids is 2. The van der Waals surface area contributed by atoms with E-state index in [4.69, 9.17) is 10.8 Å². The number of fused-ring (bicyclic) bond motifs is 1. The molecule has 0 bridgehead atoms. The van der Waals surface area contributed by atoms with E-state index in [1.165, 1.54) is 0 Å². The van der Waals surface area contributed by atoms with E-state index >= 15 is 0 Å². The van der Waals surface area contributed by atoms with Crippen molar-refractivity contribution in [2.24, 2.45) is 5.73 Å². The summed E-state index contributed by atoms with van der Waals surface area (Å²) in [4.78, 5) is 25.0. The molecule has 0 spiro atoms. The Morgan fingerprint density at radius 2 is 2.22 bits per heavy atom. The molecule has 5 heteroatoms. The fourth-order valence-electron chi connectivity index (χ4n) is 2.11. The monoisotopic (exact) mass is 248 g/mol. The average molecular weight is 248 g/mol. The normalized spacial score (nSPS) is 16.4. The molecule has 0 aliphatic carbocycles. The highest BCUT2D eigenvalue weighted by Gasteiger charge is 2.23. The lowest BCUT2D eigenvalue weighted by molar-refractivity contribution is -0.118. The summed E-state index contributed by atoms with van der Waals surface area (Å²) < 4.78 is 0. The van der Waals surface area contributed by atoms with Gasteiger partial charge in [-0.15, -0.1) is 0 Å². The summed E-state index contributed by atoms with van der Waals surface area (Å²) in [7, 11) is 1.72. The van der Waals surface area contributed by atoms with E-state index in [1.54, 1.807) is 30.1 Å². The third-order valence-electron chi connectivity index (χ3n) is 3.24. The Morgan fingerprint density at radius 1 is 1.50 bits per heavy atom. The topological polar surface area (TPSA) is 83.6 Å². The minimum absolute atomic E-state index is 0.0774. The third-order valence-corrected chi connectivity index (χ3v) is 3.24. The summed E-state index contributed by atoms with van der Waals surface area (Å²) in [5.41, 5.74) is 7.79. The number of benzene rings is 1. The van der Waals surface area contributed by atoms with E-state index in [0.717, 1.165) is 11.3 Å². The predicted octanol–water partition coefficient (Wildman–Crippen LogP) is 0.0979. The molecule has 2 rings (SSSR count). The molecule has 0 aromatic heterocycles. The standard InChI is InChI=1S/C13H16N2O3/c1-15-11-4-2-9(13(18)10(14)7-16)6-8(11)3-5-12(15)17/h2,4,6,10,16H,3,5,7,14H2,1H3. The summed E-state index contributed by atoms with van der Waals surface area (Å²) in [6, 6.07) is 4.28. The van der Waals surface area contributed by atoms with E-state index < -0.39 is 6.04 Å². The maximum absolute atomic E-state index is 11.8. The molecular weight excluding hydrogens is 232 g/mol. The maximum Gasteiger partial charge on any atom is 0.227 e. The van der Waals surface area contributed by atoms with Crippen LogP contribution in [0.5, 0.6) is 0 Å². The van der Waals surface area contributed by atoms with Crippen LogP contribution >= 0.6 is 0 Å². The van der Waals surface area contributed by atoms with Crippen LogP contribution in [0, 0.1) is 0 Å². The van der Waals surface area contributed by atoms with Crippen molar-refractivity contribution in [2.75, 3.05) is 18.6 Å². The van der Waals surface area contributed by atoms with Crippen molar-refractivity contribution in [2.45, 2.75) is 18.9 Å². The molecule has 96 valence electrons. The highest BCUT2D eigenvalue weighted by atomic mass is 16.3. The summed E-state index contributed by atoms with van der Waals surface area (Å²) in [5, 5.41) is 8.88. The molecule has 18 heavy (non-hydrogen) atoms. The van der Waals surface area contributed by atoms with Crippen LogP contribution in [0.25, 0.3) is 0 Å². The lowest BCUT2D eigenvalue weighted by Crippen LogP contribution is -2.35. The van der Waals surface area contributed by atoms with Gasteiger partial charge < -0.3 is 15.7 Å². The fraction of sp³-hybridized carbons (Fsp3) is 0.385. The number of aliphatic hydroxyl groups is 1. The Morgan fingerprint density at radius 3 is 2.89 bits per heavy atom. The summed E-state index contributed by atoms with van der Waals surface area (Å²) in [6.45, 7) is -0.367. The number of nitrogens with zero attached hydrogens (tertiary/aromatic N) is 1. The number of nitrogens with two attached hydrogens (primary N) is 1. The van der Waals surface area contributed by atoms with Crippen LogP contribution in [-0.4, -0.2) is 36.5 Å². The maximum atomic E-state index is 11.8. The Kier molecular flexibility index (Phi) is 3.45. The van der Waals surface area contributed by atoms with Gasteiger partial charge in [-0.25, -0.2) is 0 Å². The van der Waals surface area contributed by atoms with E-state index in [2.05, 4.69) is 0 Å². The van der Waals surface area contributed by atoms with Gasteiger partial charge in [0, 0.05) is 24.7 Å². The van der Waals surface area contributed by atoms with Crippen LogP contribution in [0.15, 0.2) is 18.2 Å². The van der Waals surface area contributed by atoms with E-state index in [0.29, 0.717) is 18.4 Å². The number of aliphatic hydroxyl groups excluding tert-OH is 1. The number of ketones is 1. The van der Waals surface area contributed by atoms with Gasteiger partial charge in [0.05, 0.1) is 12.6 Å². The van der Waals surface area contributed by atoms with Gasteiger partial charge >= 0.3 is 0 Å². The second-order valence-electron chi connectivity index (χ2n) is 4.45. The van der Waals surface area contributed by atoms with Crippen molar-refractivity contribution in [3.05, 3.63) is 29.3 Å². The van der Waals surface area contributed by atoms with Gasteiger partial charge in [0.25, 0.3) is 0 Å². The van der Waals surface area contributed by atoms with Crippen LogP contribution < -0.4 is 10.6 Å². The van der Waals surface area contributed by atoms with Crippen LogP contribution in [-0.2, 0) is 11.2 Å². The summed E-state index contributed by atoms with van der Waals surface area (Å²) >= 11 is 0. The first kappa shape index (κ1) is 12.7. The second kappa shape index (κ2) is 4.88. The molecule has 0 radical (unpaired) electrons. The number of anilines is 1. The SMILES string of the molecule is CN1C(=O)CCc2cc(C(=O)C(N)CO)ccc21. The first-order valence-corrected chi connectivity index (χ1v) is 5.84. The molecule has 1 aliphatic rings. The number of Topliss-reactive ketones (excluding diaryl/α,β-unsaturated/α-hetero) is 1. The van der Waals surface area contributed by atoms with Crippen molar-refractivity contribution in [3.63, 3.8) is 0 Å². The lowest BCUT2D eigenvalue weighted by Gasteiger charge is -2.26. The zero-order chi connectivity index (χ0) is 13.3. The second-order valence-corrected chi connectivity index (χ2v) is 4.45. The highest BCUT2D eigenvalue weighted by Crippen LogP contribution is 2.27. The van der Waals surface area contributed by atoms with Crippen LogP contribution in [0.4, 0.5) is 5.69 Å². The van der Waals surface area contributed by atoms with Gasteiger partial charge in [-0.2, -0.15) is 0 Å². The zero-order valence-corrected chi connectivity index (χ0v) is 10.2. The molecule has 1 atom stereocenters. The molecule has 0 saturated heterocycles. The van der Waals surface area contributed by atoms with Gasteiger partial charge in [-0.3, -0.25) is 9.59 Å². The van der Waals surface area contributed by atoms with Gasteiger partial charge in [-0.05, 0) is 30.2 Å².